The topological polar surface area (TPSA) is 0 Å². The van der Waals surface area contributed by atoms with Crippen molar-refractivity contribution in [3.8, 4) is 0 Å². The Morgan fingerprint density at radius 3 is 2.74 bits per heavy atom. The Morgan fingerprint density at radius 1 is 1.09 bits per heavy atom. The van der Waals surface area contributed by atoms with Gasteiger partial charge in [0.25, 0.3) is 0 Å². The Hall–Kier alpha value is -0.980. The SMILES string of the molecule is CC(CCc1ccc(Cl)c(Cl)c1)CC1CCCc2ccccc21. The zero-order valence-electron chi connectivity index (χ0n) is 13.7. The molecule has 3 rings (SSSR count). The molecule has 1 aliphatic carbocycles. The summed E-state index contributed by atoms with van der Waals surface area (Å²) in [5, 5.41) is 1.31. The summed E-state index contributed by atoms with van der Waals surface area (Å²) < 4.78 is 0. The smallest absolute Gasteiger partial charge is 0.0595 e. The second-order valence-corrected chi connectivity index (χ2v) is 7.73. The van der Waals surface area contributed by atoms with E-state index in [0.717, 1.165) is 18.3 Å². The lowest BCUT2D eigenvalue weighted by Gasteiger charge is -2.27. The van der Waals surface area contributed by atoms with E-state index >= 15 is 0 Å². The fourth-order valence-electron chi connectivity index (χ4n) is 3.81. The zero-order valence-corrected chi connectivity index (χ0v) is 15.2. The van der Waals surface area contributed by atoms with Gasteiger partial charge in [0.2, 0.25) is 0 Å². The number of benzene rings is 2. The predicted molar refractivity (Wildman–Crippen MR) is 101 cm³/mol. The Morgan fingerprint density at radius 2 is 1.91 bits per heavy atom. The van der Waals surface area contributed by atoms with Crippen molar-refractivity contribution in [1.29, 1.82) is 0 Å². The van der Waals surface area contributed by atoms with Crippen molar-refractivity contribution in [1.82, 2.24) is 0 Å². The number of hydrogen-bond acceptors (Lipinski definition) is 0. The van der Waals surface area contributed by atoms with Gasteiger partial charge in [-0.3, -0.25) is 0 Å². The molecule has 2 atom stereocenters. The minimum absolute atomic E-state index is 0.641. The van der Waals surface area contributed by atoms with Crippen LogP contribution in [0.4, 0.5) is 0 Å². The van der Waals surface area contributed by atoms with E-state index in [1.165, 1.54) is 37.7 Å². The van der Waals surface area contributed by atoms with Crippen LogP contribution in [0.15, 0.2) is 42.5 Å². The van der Waals surface area contributed by atoms with Gasteiger partial charge in [-0.05, 0) is 79.2 Å². The number of rotatable bonds is 5. The highest BCUT2D eigenvalue weighted by Crippen LogP contribution is 2.36. The van der Waals surface area contributed by atoms with Crippen LogP contribution in [-0.4, -0.2) is 0 Å². The lowest BCUT2D eigenvalue weighted by molar-refractivity contribution is 0.406. The van der Waals surface area contributed by atoms with Gasteiger partial charge >= 0.3 is 0 Å². The second-order valence-electron chi connectivity index (χ2n) is 6.92. The number of hydrogen-bond donors (Lipinski definition) is 0. The van der Waals surface area contributed by atoms with Crippen LogP contribution in [0.1, 0.15) is 55.2 Å². The molecule has 122 valence electrons. The van der Waals surface area contributed by atoms with Crippen molar-refractivity contribution >= 4 is 23.2 Å². The Bertz CT molecular complexity index is 663. The Labute approximate surface area is 149 Å². The summed E-state index contributed by atoms with van der Waals surface area (Å²) in [5.74, 6) is 1.46. The monoisotopic (exact) mass is 346 g/mol. The molecule has 0 heterocycles. The molecule has 2 unspecified atom stereocenters. The Balaban J connectivity index is 1.57. The van der Waals surface area contributed by atoms with E-state index in [1.807, 2.05) is 12.1 Å². The third kappa shape index (κ3) is 4.31. The summed E-state index contributed by atoms with van der Waals surface area (Å²) >= 11 is 12.1. The van der Waals surface area contributed by atoms with Gasteiger partial charge in [0.05, 0.1) is 10.0 Å². The van der Waals surface area contributed by atoms with Gasteiger partial charge in [0, 0.05) is 0 Å². The molecule has 0 amide bonds. The summed E-state index contributed by atoms with van der Waals surface area (Å²) in [6, 6.07) is 15.0. The minimum Gasteiger partial charge on any atom is -0.0827 e. The normalized spacial score (nSPS) is 18.5. The van der Waals surface area contributed by atoms with Crippen LogP contribution in [-0.2, 0) is 12.8 Å². The molecule has 0 bridgehead atoms. The average molecular weight is 347 g/mol. The maximum absolute atomic E-state index is 6.11. The molecule has 0 aromatic heterocycles. The van der Waals surface area contributed by atoms with E-state index in [2.05, 4.69) is 37.3 Å². The lowest BCUT2D eigenvalue weighted by atomic mass is 9.77. The lowest BCUT2D eigenvalue weighted by Crippen LogP contribution is -2.13. The molecule has 0 spiro atoms. The van der Waals surface area contributed by atoms with Crippen molar-refractivity contribution in [2.24, 2.45) is 5.92 Å². The van der Waals surface area contributed by atoms with Crippen molar-refractivity contribution < 1.29 is 0 Å². The van der Waals surface area contributed by atoms with Gasteiger partial charge in [-0.25, -0.2) is 0 Å². The molecule has 0 radical (unpaired) electrons. The molecule has 0 nitrogen and oxygen atoms in total. The highest BCUT2D eigenvalue weighted by atomic mass is 35.5. The van der Waals surface area contributed by atoms with Crippen LogP contribution in [0.3, 0.4) is 0 Å². The molecule has 1 aliphatic rings. The van der Waals surface area contributed by atoms with Crippen LogP contribution in [0.25, 0.3) is 0 Å². The molecular formula is C21H24Cl2. The van der Waals surface area contributed by atoms with Gasteiger partial charge in [0.15, 0.2) is 0 Å². The summed E-state index contributed by atoms with van der Waals surface area (Å²) in [4.78, 5) is 0. The van der Waals surface area contributed by atoms with Crippen LogP contribution in [0.5, 0.6) is 0 Å². The van der Waals surface area contributed by atoms with Gasteiger partial charge < -0.3 is 0 Å². The molecule has 0 fully saturated rings. The van der Waals surface area contributed by atoms with E-state index in [9.17, 15) is 0 Å². The van der Waals surface area contributed by atoms with Crippen LogP contribution in [0, 0.1) is 5.92 Å². The molecule has 2 aromatic carbocycles. The first kappa shape index (κ1) is 16.9. The summed E-state index contributed by atoms with van der Waals surface area (Å²) in [6.07, 6.45) is 7.50. The molecular weight excluding hydrogens is 323 g/mol. The predicted octanol–water partition coefficient (Wildman–Crippen LogP) is 7.07. The van der Waals surface area contributed by atoms with Gasteiger partial charge in [-0.2, -0.15) is 0 Å². The number of fused-ring (bicyclic) bond motifs is 1. The number of halogens is 2. The van der Waals surface area contributed by atoms with E-state index in [4.69, 9.17) is 23.2 Å². The van der Waals surface area contributed by atoms with Gasteiger partial charge in [0.1, 0.15) is 0 Å². The maximum Gasteiger partial charge on any atom is 0.0595 e. The summed E-state index contributed by atoms with van der Waals surface area (Å²) in [6.45, 7) is 2.38. The molecule has 0 saturated carbocycles. The summed E-state index contributed by atoms with van der Waals surface area (Å²) in [7, 11) is 0. The van der Waals surface area contributed by atoms with E-state index in [0.29, 0.717) is 10.0 Å². The molecule has 23 heavy (non-hydrogen) atoms. The molecule has 0 saturated heterocycles. The van der Waals surface area contributed by atoms with E-state index in [-0.39, 0.29) is 0 Å². The zero-order chi connectivity index (χ0) is 16.2. The third-order valence-electron chi connectivity index (χ3n) is 5.09. The van der Waals surface area contributed by atoms with Crippen molar-refractivity contribution in [3.63, 3.8) is 0 Å². The maximum atomic E-state index is 6.11. The minimum atomic E-state index is 0.641. The van der Waals surface area contributed by atoms with Gasteiger partial charge in [-0.15, -0.1) is 0 Å². The molecule has 2 heteroatoms. The fourth-order valence-corrected chi connectivity index (χ4v) is 4.13. The molecule has 0 aliphatic heterocycles. The first-order valence-corrected chi connectivity index (χ1v) is 9.41. The second kappa shape index (κ2) is 7.73. The van der Waals surface area contributed by atoms with Crippen LogP contribution >= 0.6 is 23.2 Å². The van der Waals surface area contributed by atoms with Gasteiger partial charge in [-0.1, -0.05) is 60.5 Å². The van der Waals surface area contributed by atoms with Crippen molar-refractivity contribution in [2.45, 2.75) is 51.4 Å². The highest BCUT2D eigenvalue weighted by molar-refractivity contribution is 6.42. The molecule has 2 aromatic rings. The van der Waals surface area contributed by atoms with Crippen LogP contribution in [0.2, 0.25) is 10.0 Å². The quantitative estimate of drug-likeness (QED) is 0.542. The fraction of sp³-hybridized carbons (Fsp3) is 0.429. The largest absolute Gasteiger partial charge is 0.0827 e. The standard InChI is InChI=1S/C21H24Cl2/c1-15(9-10-16-11-12-20(22)21(23)14-16)13-18-7-4-6-17-5-2-3-8-19(17)18/h2-3,5,8,11-12,14-15,18H,4,6-7,9-10,13H2,1H3. The summed E-state index contributed by atoms with van der Waals surface area (Å²) in [5.41, 5.74) is 4.45. The van der Waals surface area contributed by atoms with Crippen molar-refractivity contribution in [3.05, 3.63) is 69.2 Å². The van der Waals surface area contributed by atoms with Crippen LogP contribution < -0.4 is 0 Å². The first-order valence-electron chi connectivity index (χ1n) is 8.65. The van der Waals surface area contributed by atoms with Crippen molar-refractivity contribution in [2.75, 3.05) is 0 Å². The third-order valence-corrected chi connectivity index (χ3v) is 5.83. The number of aryl methyl sites for hydroxylation is 2. The highest BCUT2D eigenvalue weighted by Gasteiger charge is 2.21. The van der Waals surface area contributed by atoms with E-state index < -0.39 is 0 Å². The average Bonchev–Trinajstić information content (AvgIpc) is 2.56. The van der Waals surface area contributed by atoms with E-state index in [1.54, 1.807) is 11.1 Å². The first-order chi connectivity index (χ1) is 11.1. The Kier molecular flexibility index (Phi) is 5.67. The molecule has 0 N–H and O–H groups in total.